The minimum absolute atomic E-state index is 0.0738. The zero-order valence-corrected chi connectivity index (χ0v) is 15.2. The lowest BCUT2D eigenvalue weighted by atomic mass is 10.2. The SMILES string of the molecule is COc1cc(Nc2nc(Nc3cccc(O)c3)ncc2F)c(OC)cc1Cl. The molecule has 2 aromatic carbocycles. The summed E-state index contributed by atoms with van der Waals surface area (Å²) < 4.78 is 24.6. The average Bonchev–Trinajstić information content (AvgIpc) is 2.65. The molecule has 0 aliphatic heterocycles. The predicted molar refractivity (Wildman–Crippen MR) is 101 cm³/mol. The summed E-state index contributed by atoms with van der Waals surface area (Å²) in [6.07, 6.45) is 1.03. The molecule has 0 amide bonds. The molecule has 1 aromatic heterocycles. The predicted octanol–water partition coefficient (Wildman–Crippen LogP) is 4.48. The first-order valence-corrected chi connectivity index (χ1v) is 8.15. The number of rotatable bonds is 6. The highest BCUT2D eigenvalue weighted by molar-refractivity contribution is 6.32. The minimum Gasteiger partial charge on any atom is -0.508 e. The third-order valence-corrected chi connectivity index (χ3v) is 3.87. The second kappa shape index (κ2) is 7.96. The van der Waals surface area contributed by atoms with Gasteiger partial charge in [-0.1, -0.05) is 17.7 Å². The minimum atomic E-state index is -0.660. The third kappa shape index (κ3) is 4.29. The van der Waals surface area contributed by atoms with Crippen molar-refractivity contribution in [3.63, 3.8) is 0 Å². The second-order valence-electron chi connectivity index (χ2n) is 5.38. The maximum Gasteiger partial charge on any atom is 0.229 e. The van der Waals surface area contributed by atoms with Crippen LogP contribution in [0.2, 0.25) is 5.02 Å². The van der Waals surface area contributed by atoms with Crippen LogP contribution in [-0.4, -0.2) is 29.3 Å². The molecule has 27 heavy (non-hydrogen) atoms. The van der Waals surface area contributed by atoms with E-state index in [1.54, 1.807) is 24.3 Å². The summed E-state index contributed by atoms with van der Waals surface area (Å²) in [5, 5.41) is 15.6. The summed E-state index contributed by atoms with van der Waals surface area (Å²) in [6.45, 7) is 0. The van der Waals surface area contributed by atoms with E-state index in [0.717, 1.165) is 6.20 Å². The molecule has 0 saturated heterocycles. The first-order chi connectivity index (χ1) is 13.0. The number of anilines is 4. The van der Waals surface area contributed by atoms with Gasteiger partial charge in [0, 0.05) is 23.9 Å². The highest BCUT2D eigenvalue weighted by Crippen LogP contribution is 2.37. The van der Waals surface area contributed by atoms with E-state index in [1.165, 1.54) is 26.4 Å². The van der Waals surface area contributed by atoms with Crippen LogP contribution in [0.1, 0.15) is 0 Å². The van der Waals surface area contributed by atoms with Crippen LogP contribution in [0, 0.1) is 5.82 Å². The lowest BCUT2D eigenvalue weighted by Crippen LogP contribution is -2.04. The molecule has 0 aliphatic rings. The molecule has 0 saturated carbocycles. The Balaban J connectivity index is 1.91. The zero-order chi connectivity index (χ0) is 19.4. The van der Waals surface area contributed by atoms with E-state index in [2.05, 4.69) is 20.6 Å². The monoisotopic (exact) mass is 390 g/mol. The number of hydrogen-bond acceptors (Lipinski definition) is 7. The van der Waals surface area contributed by atoms with Crippen LogP contribution < -0.4 is 20.1 Å². The molecule has 140 valence electrons. The molecular weight excluding hydrogens is 375 g/mol. The molecule has 0 fully saturated rings. The van der Waals surface area contributed by atoms with Crippen LogP contribution in [0.5, 0.6) is 17.2 Å². The number of ether oxygens (including phenoxy) is 2. The van der Waals surface area contributed by atoms with Crippen LogP contribution in [0.25, 0.3) is 0 Å². The molecule has 0 aliphatic carbocycles. The molecule has 3 N–H and O–H groups in total. The maximum atomic E-state index is 14.2. The van der Waals surface area contributed by atoms with Crippen molar-refractivity contribution in [2.24, 2.45) is 0 Å². The Morgan fingerprint density at radius 3 is 2.56 bits per heavy atom. The summed E-state index contributed by atoms with van der Waals surface area (Å²) in [5.74, 6) is 0.277. The number of hydrogen-bond donors (Lipinski definition) is 3. The Morgan fingerprint density at radius 1 is 1.07 bits per heavy atom. The molecule has 0 spiro atoms. The Kier molecular flexibility index (Phi) is 5.46. The van der Waals surface area contributed by atoms with Crippen LogP contribution in [0.3, 0.4) is 0 Å². The second-order valence-corrected chi connectivity index (χ2v) is 5.78. The highest BCUT2D eigenvalue weighted by Gasteiger charge is 2.14. The summed E-state index contributed by atoms with van der Waals surface area (Å²) in [4.78, 5) is 8.03. The number of halogens is 2. The van der Waals surface area contributed by atoms with Gasteiger partial charge in [-0.25, -0.2) is 9.37 Å². The average molecular weight is 391 g/mol. The number of nitrogens with one attached hydrogen (secondary N) is 2. The molecule has 7 nitrogen and oxygen atoms in total. The quantitative estimate of drug-likeness (QED) is 0.571. The van der Waals surface area contributed by atoms with Crippen molar-refractivity contribution in [3.05, 3.63) is 53.4 Å². The molecule has 1 heterocycles. The molecule has 3 rings (SSSR count). The molecule has 0 atom stereocenters. The van der Waals surface area contributed by atoms with Crippen molar-refractivity contribution in [3.8, 4) is 17.2 Å². The van der Waals surface area contributed by atoms with Crippen molar-refractivity contribution in [2.45, 2.75) is 0 Å². The van der Waals surface area contributed by atoms with Gasteiger partial charge in [-0.2, -0.15) is 4.98 Å². The van der Waals surface area contributed by atoms with E-state index in [0.29, 0.717) is 27.9 Å². The van der Waals surface area contributed by atoms with Crippen LogP contribution in [0.15, 0.2) is 42.6 Å². The van der Waals surface area contributed by atoms with E-state index in [1.807, 2.05) is 0 Å². The fraction of sp³-hybridized carbons (Fsp3) is 0.111. The summed E-state index contributed by atoms with van der Waals surface area (Å²) in [7, 11) is 2.94. The number of aromatic hydroxyl groups is 1. The van der Waals surface area contributed by atoms with Gasteiger partial charge < -0.3 is 25.2 Å². The number of phenolic OH excluding ortho intramolecular Hbond substituents is 1. The Hall–Kier alpha value is -3.26. The van der Waals surface area contributed by atoms with Gasteiger partial charge in [0.05, 0.1) is 31.1 Å². The van der Waals surface area contributed by atoms with E-state index in [9.17, 15) is 9.50 Å². The Bertz CT molecular complexity index is 971. The normalized spacial score (nSPS) is 10.4. The van der Waals surface area contributed by atoms with Crippen LogP contribution in [0.4, 0.5) is 27.5 Å². The van der Waals surface area contributed by atoms with Gasteiger partial charge in [0.15, 0.2) is 11.6 Å². The van der Waals surface area contributed by atoms with Crippen molar-refractivity contribution < 1.29 is 19.0 Å². The summed E-state index contributed by atoms with van der Waals surface area (Å²) in [6, 6.07) is 9.52. The van der Waals surface area contributed by atoms with E-state index >= 15 is 0 Å². The summed E-state index contributed by atoms with van der Waals surface area (Å²) >= 11 is 6.08. The van der Waals surface area contributed by atoms with E-state index in [4.69, 9.17) is 21.1 Å². The van der Waals surface area contributed by atoms with Gasteiger partial charge in [0.2, 0.25) is 5.95 Å². The lowest BCUT2D eigenvalue weighted by Gasteiger charge is -2.14. The van der Waals surface area contributed by atoms with Gasteiger partial charge in [0.1, 0.15) is 17.2 Å². The molecule has 0 unspecified atom stereocenters. The van der Waals surface area contributed by atoms with Crippen molar-refractivity contribution in [2.75, 3.05) is 24.9 Å². The van der Waals surface area contributed by atoms with Crippen LogP contribution >= 0.6 is 11.6 Å². The largest absolute Gasteiger partial charge is 0.508 e. The van der Waals surface area contributed by atoms with Crippen molar-refractivity contribution in [1.29, 1.82) is 0 Å². The number of benzene rings is 2. The standard InChI is InChI=1S/C18H16ClFN4O3/c1-26-15-8-14(16(27-2)7-12(15)19)23-17-13(20)9-21-18(24-17)22-10-4-3-5-11(25)6-10/h3-9,25H,1-2H3,(H2,21,22,23,24). The molecule has 0 radical (unpaired) electrons. The Labute approximate surface area is 159 Å². The molecular formula is C18H16ClFN4O3. The first-order valence-electron chi connectivity index (χ1n) is 7.77. The maximum absolute atomic E-state index is 14.2. The number of nitrogens with zero attached hydrogens (tertiary/aromatic N) is 2. The van der Waals surface area contributed by atoms with Crippen molar-refractivity contribution in [1.82, 2.24) is 9.97 Å². The Morgan fingerprint density at radius 2 is 1.85 bits per heavy atom. The lowest BCUT2D eigenvalue weighted by molar-refractivity contribution is 0.405. The molecule has 0 bridgehead atoms. The molecule has 9 heteroatoms. The smallest absolute Gasteiger partial charge is 0.229 e. The van der Waals surface area contributed by atoms with Crippen LogP contribution in [-0.2, 0) is 0 Å². The van der Waals surface area contributed by atoms with Gasteiger partial charge in [-0.3, -0.25) is 0 Å². The summed E-state index contributed by atoms with van der Waals surface area (Å²) in [5.41, 5.74) is 0.970. The topological polar surface area (TPSA) is 88.5 Å². The number of aromatic nitrogens is 2. The van der Waals surface area contributed by atoms with Gasteiger partial charge in [-0.05, 0) is 12.1 Å². The fourth-order valence-corrected chi connectivity index (χ4v) is 2.54. The third-order valence-electron chi connectivity index (χ3n) is 3.57. The van der Waals surface area contributed by atoms with Gasteiger partial charge >= 0.3 is 0 Å². The van der Waals surface area contributed by atoms with Gasteiger partial charge in [-0.15, -0.1) is 0 Å². The number of methoxy groups -OCH3 is 2. The van der Waals surface area contributed by atoms with Gasteiger partial charge in [0.25, 0.3) is 0 Å². The number of phenols is 1. The first kappa shape index (κ1) is 18.5. The van der Waals surface area contributed by atoms with Crippen molar-refractivity contribution >= 4 is 34.7 Å². The van der Waals surface area contributed by atoms with E-state index < -0.39 is 5.82 Å². The zero-order valence-electron chi connectivity index (χ0n) is 14.5. The van der Waals surface area contributed by atoms with E-state index in [-0.39, 0.29) is 17.5 Å². The molecule has 3 aromatic rings. The fourth-order valence-electron chi connectivity index (χ4n) is 2.31. The highest BCUT2D eigenvalue weighted by atomic mass is 35.5.